The fourth-order valence-electron chi connectivity index (χ4n) is 4.42. The smallest absolute Gasteiger partial charge is 0.326 e. The summed E-state index contributed by atoms with van der Waals surface area (Å²) in [6, 6.07) is -2.29. The average Bonchev–Trinajstić information content (AvgIpc) is 2.86. The molecule has 6 N–H and O–H groups in total. The monoisotopic (exact) mass is 555 g/mol. The first-order valence-corrected chi connectivity index (χ1v) is 13.4. The van der Waals surface area contributed by atoms with Crippen molar-refractivity contribution >= 4 is 41.4 Å². The summed E-state index contributed by atoms with van der Waals surface area (Å²) in [5, 5.41) is 34.8. The first-order valence-electron chi connectivity index (χ1n) is 13.4. The zero-order valence-corrected chi connectivity index (χ0v) is 22.6. The summed E-state index contributed by atoms with van der Waals surface area (Å²) in [7, 11) is 0. The van der Waals surface area contributed by atoms with Crippen molar-refractivity contribution in [3.05, 3.63) is 0 Å². The third-order valence-electron chi connectivity index (χ3n) is 6.77. The molecule has 3 amide bonds. The minimum Gasteiger partial charge on any atom is -0.481 e. The molecule has 13 heteroatoms. The minimum absolute atomic E-state index is 0.0687. The van der Waals surface area contributed by atoms with Gasteiger partial charge in [0.1, 0.15) is 6.04 Å². The molecule has 0 radical (unpaired) electrons. The Labute approximate surface area is 227 Å². The maximum atomic E-state index is 12.7. The summed E-state index contributed by atoms with van der Waals surface area (Å²) >= 11 is 0. The molecule has 39 heavy (non-hydrogen) atoms. The van der Waals surface area contributed by atoms with Crippen LogP contribution in [0.3, 0.4) is 0 Å². The fourth-order valence-corrected chi connectivity index (χ4v) is 4.42. The summed E-state index contributed by atoms with van der Waals surface area (Å²) in [5.74, 6) is -5.57. The third kappa shape index (κ3) is 13.7. The van der Waals surface area contributed by atoms with E-state index in [1.807, 2.05) is 0 Å². The quantitative estimate of drug-likeness (QED) is 0.141. The van der Waals surface area contributed by atoms with Gasteiger partial charge in [-0.25, -0.2) is 4.79 Å². The van der Waals surface area contributed by atoms with Gasteiger partial charge in [0.25, 0.3) is 0 Å². The number of carboxylic acid groups (broad SMARTS) is 3. The van der Waals surface area contributed by atoms with E-state index in [-0.39, 0.29) is 62.6 Å². The van der Waals surface area contributed by atoms with Crippen molar-refractivity contribution in [3.63, 3.8) is 0 Å². The number of carbonyl (C=O) groups excluding carboxylic acids is 4. The van der Waals surface area contributed by atoms with Gasteiger partial charge in [0.2, 0.25) is 17.7 Å². The van der Waals surface area contributed by atoms with E-state index < -0.39 is 53.6 Å². The van der Waals surface area contributed by atoms with E-state index in [2.05, 4.69) is 16.0 Å². The average molecular weight is 556 g/mol. The predicted molar refractivity (Wildman–Crippen MR) is 137 cm³/mol. The number of amides is 3. The molecule has 0 heterocycles. The van der Waals surface area contributed by atoms with Crippen molar-refractivity contribution in [3.8, 4) is 0 Å². The molecule has 0 aromatic heterocycles. The maximum absolute atomic E-state index is 12.7. The van der Waals surface area contributed by atoms with E-state index in [0.717, 1.165) is 0 Å². The summed E-state index contributed by atoms with van der Waals surface area (Å²) in [6.07, 6.45) is 1.83. The highest BCUT2D eigenvalue weighted by Crippen LogP contribution is 2.28. The predicted octanol–water partition coefficient (Wildman–Crippen LogP) is 1.09. The van der Waals surface area contributed by atoms with Crippen molar-refractivity contribution in [2.24, 2.45) is 17.8 Å². The van der Waals surface area contributed by atoms with Crippen LogP contribution in [0.25, 0.3) is 0 Å². The number of aliphatic carboxylic acids is 3. The van der Waals surface area contributed by atoms with Gasteiger partial charge in [-0.3, -0.25) is 28.8 Å². The Morgan fingerprint density at radius 3 is 1.85 bits per heavy atom. The number of ketones is 1. The second-order valence-corrected chi connectivity index (χ2v) is 10.3. The van der Waals surface area contributed by atoms with E-state index in [4.69, 9.17) is 10.2 Å². The summed E-state index contributed by atoms with van der Waals surface area (Å²) in [6.45, 7) is 3.69. The molecule has 1 aliphatic carbocycles. The molecule has 1 rings (SSSR count). The van der Waals surface area contributed by atoms with Crippen LogP contribution in [-0.4, -0.2) is 75.4 Å². The van der Waals surface area contributed by atoms with Crippen molar-refractivity contribution in [2.45, 2.75) is 96.6 Å². The van der Waals surface area contributed by atoms with Crippen LogP contribution in [-0.2, 0) is 33.6 Å². The fraction of sp³-hybridized carbons (Fsp3) is 0.731. The Hall–Kier alpha value is -3.51. The molecule has 1 fully saturated rings. The molecule has 0 aromatic carbocycles. The van der Waals surface area contributed by atoms with Gasteiger partial charge in [0.05, 0.1) is 6.04 Å². The number of hydrogen-bond donors (Lipinski definition) is 6. The molecule has 0 bridgehead atoms. The Kier molecular flexibility index (Phi) is 14.7. The van der Waals surface area contributed by atoms with E-state index in [1.54, 1.807) is 13.8 Å². The topological polar surface area (TPSA) is 216 Å². The second-order valence-electron chi connectivity index (χ2n) is 10.3. The standard InChI is InChI=1S/C26H41N3O10/c1-15(2)24(36)18(11-13-23(34)35)28-21(31)12-10-19(26(38)39)29-25(37)17-8-6-16(7-9-17)14-27-20(30)4-3-5-22(32)33/h15-19H,3-14H2,1-2H3,(H,27,30)(H,28,31)(H,29,37)(H,32,33)(H,34,35)(H,38,39). The second kappa shape index (κ2) is 17.2. The van der Waals surface area contributed by atoms with Crippen LogP contribution in [0.5, 0.6) is 0 Å². The van der Waals surface area contributed by atoms with Gasteiger partial charge in [-0.2, -0.15) is 0 Å². The van der Waals surface area contributed by atoms with Gasteiger partial charge in [-0.05, 0) is 50.9 Å². The van der Waals surface area contributed by atoms with Crippen molar-refractivity contribution in [1.29, 1.82) is 0 Å². The van der Waals surface area contributed by atoms with E-state index in [9.17, 15) is 38.7 Å². The van der Waals surface area contributed by atoms with Gasteiger partial charge >= 0.3 is 17.9 Å². The van der Waals surface area contributed by atoms with E-state index >= 15 is 0 Å². The van der Waals surface area contributed by atoms with Crippen molar-refractivity contribution in [2.75, 3.05) is 6.54 Å². The SMILES string of the molecule is CC(C)C(=O)C(CCC(=O)O)NC(=O)CCC(NC(=O)C1CCC(CNC(=O)CCCC(=O)O)CC1)C(=O)O. The summed E-state index contributed by atoms with van der Waals surface area (Å²) < 4.78 is 0. The highest BCUT2D eigenvalue weighted by molar-refractivity contribution is 5.91. The molecule has 2 atom stereocenters. The summed E-state index contributed by atoms with van der Waals surface area (Å²) in [5.41, 5.74) is 0. The molecular formula is C26H41N3O10. The van der Waals surface area contributed by atoms with Crippen LogP contribution in [0, 0.1) is 17.8 Å². The number of hydrogen-bond acceptors (Lipinski definition) is 7. The number of nitrogens with one attached hydrogen (secondary N) is 3. The van der Waals surface area contributed by atoms with Crippen LogP contribution >= 0.6 is 0 Å². The van der Waals surface area contributed by atoms with Gasteiger partial charge in [-0.1, -0.05) is 13.8 Å². The first-order chi connectivity index (χ1) is 18.3. The van der Waals surface area contributed by atoms with Crippen LogP contribution in [0.15, 0.2) is 0 Å². The van der Waals surface area contributed by atoms with Crippen molar-refractivity contribution in [1.82, 2.24) is 16.0 Å². The van der Waals surface area contributed by atoms with Crippen LogP contribution in [0.4, 0.5) is 0 Å². The molecule has 0 spiro atoms. The normalized spacial score (nSPS) is 18.4. The molecule has 0 saturated heterocycles. The number of Topliss-reactive ketones (excluding diaryl/α,β-unsaturated/α-hetero) is 1. The molecule has 2 unspecified atom stereocenters. The third-order valence-corrected chi connectivity index (χ3v) is 6.77. The Balaban J connectivity index is 2.49. The lowest BCUT2D eigenvalue weighted by atomic mass is 9.81. The van der Waals surface area contributed by atoms with Gasteiger partial charge in [0, 0.05) is 44.1 Å². The van der Waals surface area contributed by atoms with Gasteiger partial charge < -0.3 is 31.3 Å². The number of carboxylic acids is 3. The largest absolute Gasteiger partial charge is 0.481 e. The zero-order chi connectivity index (χ0) is 29.5. The van der Waals surface area contributed by atoms with Crippen molar-refractivity contribution < 1.29 is 48.9 Å². The Morgan fingerprint density at radius 1 is 0.718 bits per heavy atom. The molecule has 0 aliphatic heterocycles. The minimum atomic E-state index is -1.30. The van der Waals surface area contributed by atoms with E-state index in [1.165, 1.54) is 0 Å². The lowest BCUT2D eigenvalue weighted by molar-refractivity contribution is -0.143. The Morgan fingerprint density at radius 2 is 1.31 bits per heavy atom. The molecular weight excluding hydrogens is 514 g/mol. The summed E-state index contributed by atoms with van der Waals surface area (Å²) in [4.78, 5) is 82.3. The van der Waals surface area contributed by atoms with Crippen LogP contribution < -0.4 is 16.0 Å². The lowest BCUT2D eigenvalue weighted by Crippen LogP contribution is -2.46. The number of rotatable bonds is 18. The molecule has 13 nitrogen and oxygen atoms in total. The lowest BCUT2D eigenvalue weighted by Gasteiger charge is -2.28. The molecule has 220 valence electrons. The zero-order valence-electron chi connectivity index (χ0n) is 22.6. The number of carbonyl (C=O) groups is 7. The molecule has 1 saturated carbocycles. The Bertz CT molecular complexity index is 896. The van der Waals surface area contributed by atoms with Crippen LogP contribution in [0.1, 0.15) is 84.5 Å². The highest BCUT2D eigenvalue weighted by atomic mass is 16.4. The van der Waals surface area contributed by atoms with Gasteiger partial charge in [-0.15, -0.1) is 0 Å². The molecule has 1 aliphatic rings. The van der Waals surface area contributed by atoms with Gasteiger partial charge in [0.15, 0.2) is 5.78 Å². The molecule has 0 aromatic rings. The van der Waals surface area contributed by atoms with E-state index in [0.29, 0.717) is 32.2 Å². The van der Waals surface area contributed by atoms with Crippen LogP contribution in [0.2, 0.25) is 0 Å². The first kappa shape index (κ1) is 33.5. The highest BCUT2D eigenvalue weighted by Gasteiger charge is 2.30. The maximum Gasteiger partial charge on any atom is 0.326 e.